The summed E-state index contributed by atoms with van der Waals surface area (Å²) in [4.78, 5) is 51.1. The standard InChI is InChI=1S/C31H35N5O5/c1-20-6-3-4-7-25(20)35-31(41)33-24-15-11-22(12-16-24)19-28(37)32-23-13-9-21(10-14-23)18-26(30(39)40)34-29(38)27-8-5-17-36(27)2/h3-4,6-7,9-16,26-27H,5,8,17-19H2,1-2H3,(H,32,37)(H,34,38)(H,39,40)(H2,33,35,41)/t26-,27-/m0/s1. The molecule has 10 nitrogen and oxygen atoms in total. The van der Waals surface area contributed by atoms with Crippen molar-refractivity contribution in [2.24, 2.45) is 0 Å². The smallest absolute Gasteiger partial charge is 0.326 e. The summed E-state index contributed by atoms with van der Waals surface area (Å²) >= 11 is 0. The lowest BCUT2D eigenvalue weighted by atomic mass is 10.0. The molecular formula is C31H35N5O5. The zero-order valence-corrected chi connectivity index (χ0v) is 23.1. The lowest BCUT2D eigenvalue weighted by Crippen LogP contribution is -2.49. The molecule has 1 aliphatic heterocycles. The molecule has 0 aliphatic carbocycles. The monoisotopic (exact) mass is 557 g/mol. The van der Waals surface area contributed by atoms with Crippen LogP contribution in [0.4, 0.5) is 21.9 Å². The number of carboxylic acids is 1. The van der Waals surface area contributed by atoms with Crippen LogP contribution in [0.5, 0.6) is 0 Å². The maximum Gasteiger partial charge on any atom is 0.326 e. The fraction of sp³-hybridized carbons (Fsp3) is 0.290. The molecule has 5 N–H and O–H groups in total. The van der Waals surface area contributed by atoms with Crippen LogP contribution >= 0.6 is 0 Å². The molecule has 0 aromatic heterocycles. The maximum atomic E-state index is 12.6. The van der Waals surface area contributed by atoms with Crippen LogP contribution in [-0.4, -0.2) is 59.5 Å². The molecule has 0 spiro atoms. The van der Waals surface area contributed by atoms with Crippen molar-refractivity contribution in [3.8, 4) is 0 Å². The number of likely N-dealkylation sites (N-methyl/N-ethyl adjacent to an activating group) is 1. The Balaban J connectivity index is 1.25. The van der Waals surface area contributed by atoms with Gasteiger partial charge in [0.25, 0.3) is 0 Å². The highest BCUT2D eigenvalue weighted by Crippen LogP contribution is 2.18. The molecule has 10 heteroatoms. The van der Waals surface area contributed by atoms with Gasteiger partial charge in [-0.2, -0.15) is 0 Å². The van der Waals surface area contributed by atoms with Crippen molar-refractivity contribution < 1.29 is 24.3 Å². The van der Waals surface area contributed by atoms with Gasteiger partial charge in [0.1, 0.15) is 6.04 Å². The molecular weight excluding hydrogens is 522 g/mol. The van der Waals surface area contributed by atoms with Gasteiger partial charge in [-0.05, 0) is 80.4 Å². The van der Waals surface area contributed by atoms with Crippen LogP contribution in [0.3, 0.4) is 0 Å². The first-order valence-electron chi connectivity index (χ1n) is 13.5. The lowest BCUT2D eigenvalue weighted by Gasteiger charge is -2.22. The van der Waals surface area contributed by atoms with Crippen LogP contribution in [0.2, 0.25) is 0 Å². The van der Waals surface area contributed by atoms with Crippen LogP contribution in [0, 0.1) is 6.92 Å². The molecule has 4 amide bonds. The fourth-order valence-electron chi connectivity index (χ4n) is 4.76. The average Bonchev–Trinajstić information content (AvgIpc) is 3.37. The van der Waals surface area contributed by atoms with Gasteiger partial charge >= 0.3 is 12.0 Å². The van der Waals surface area contributed by atoms with E-state index in [1.165, 1.54) is 0 Å². The SMILES string of the molecule is Cc1ccccc1NC(=O)Nc1ccc(CC(=O)Nc2ccc(C[C@H](NC(=O)[C@@H]3CCCN3C)C(=O)O)cc2)cc1. The molecule has 3 aromatic carbocycles. The molecule has 0 bridgehead atoms. The Morgan fingerprint density at radius 1 is 0.878 bits per heavy atom. The summed E-state index contributed by atoms with van der Waals surface area (Å²) in [5.74, 6) is -1.58. The van der Waals surface area contributed by atoms with E-state index in [0.717, 1.165) is 41.8 Å². The number of rotatable bonds is 10. The predicted octanol–water partition coefficient (Wildman–Crippen LogP) is 4.03. The van der Waals surface area contributed by atoms with Crippen LogP contribution in [0.1, 0.15) is 29.5 Å². The normalized spacial score (nSPS) is 15.5. The van der Waals surface area contributed by atoms with E-state index in [-0.39, 0.29) is 36.7 Å². The minimum atomic E-state index is -1.09. The van der Waals surface area contributed by atoms with E-state index in [4.69, 9.17) is 0 Å². The molecule has 1 saturated heterocycles. The van der Waals surface area contributed by atoms with E-state index in [9.17, 15) is 24.3 Å². The second-order valence-electron chi connectivity index (χ2n) is 10.3. The predicted molar refractivity (Wildman–Crippen MR) is 158 cm³/mol. The number of para-hydroxylation sites is 1. The highest BCUT2D eigenvalue weighted by molar-refractivity contribution is 6.00. The first kappa shape index (κ1) is 29.3. The number of carbonyl (C=O) groups is 4. The number of likely N-dealkylation sites (tertiary alicyclic amines) is 1. The van der Waals surface area contributed by atoms with Gasteiger partial charge in [-0.25, -0.2) is 9.59 Å². The third kappa shape index (κ3) is 8.39. The Morgan fingerprint density at radius 2 is 1.51 bits per heavy atom. The minimum Gasteiger partial charge on any atom is -0.480 e. The highest BCUT2D eigenvalue weighted by Gasteiger charge is 2.31. The Bertz CT molecular complexity index is 1390. The molecule has 4 rings (SSSR count). The summed E-state index contributed by atoms with van der Waals surface area (Å²) in [6, 6.07) is 19.7. The summed E-state index contributed by atoms with van der Waals surface area (Å²) in [6.07, 6.45) is 1.90. The topological polar surface area (TPSA) is 140 Å². The Hall–Kier alpha value is -4.70. The van der Waals surface area contributed by atoms with E-state index in [0.29, 0.717) is 11.4 Å². The number of aliphatic carboxylic acids is 1. The summed E-state index contributed by atoms with van der Waals surface area (Å²) in [6.45, 7) is 2.73. The number of nitrogens with one attached hydrogen (secondary N) is 4. The van der Waals surface area contributed by atoms with Crippen molar-refractivity contribution >= 4 is 40.9 Å². The van der Waals surface area contributed by atoms with E-state index in [2.05, 4.69) is 21.3 Å². The number of hydrogen-bond acceptors (Lipinski definition) is 5. The van der Waals surface area contributed by atoms with E-state index >= 15 is 0 Å². The van der Waals surface area contributed by atoms with E-state index < -0.39 is 12.0 Å². The Labute approximate surface area is 239 Å². The van der Waals surface area contributed by atoms with E-state index in [1.54, 1.807) is 48.5 Å². The van der Waals surface area contributed by atoms with Gasteiger partial charge in [0.2, 0.25) is 11.8 Å². The maximum absolute atomic E-state index is 12.6. The second kappa shape index (κ2) is 13.6. The van der Waals surface area contributed by atoms with Gasteiger partial charge < -0.3 is 26.4 Å². The van der Waals surface area contributed by atoms with Crippen molar-refractivity contribution in [1.82, 2.24) is 10.2 Å². The van der Waals surface area contributed by atoms with Gasteiger partial charge in [-0.3, -0.25) is 14.5 Å². The number of anilines is 3. The fourth-order valence-corrected chi connectivity index (χ4v) is 4.76. The number of carbonyl (C=O) groups excluding carboxylic acids is 3. The number of urea groups is 1. The van der Waals surface area contributed by atoms with Gasteiger partial charge in [-0.15, -0.1) is 0 Å². The van der Waals surface area contributed by atoms with Crippen LogP contribution in [0.25, 0.3) is 0 Å². The van der Waals surface area contributed by atoms with Crippen molar-refractivity contribution in [3.05, 3.63) is 89.5 Å². The number of amides is 4. The van der Waals surface area contributed by atoms with Crippen molar-refractivity contribution in [3.63, 3.8) is 0 Å². The van der Waals surface area contributed by atoms with Crippen LogP contribution < -0.4 is 21.3 Å². The molecule has 1 aliphatic rings. The quantitative estimate of drug-likeness (QED) is 0.255. The molecule has 41 heavy (non-hydrogen) atoms. The molecule has 0 saturated carbocycles. The van der Waals surface area contributed by atoms with Crippen molar-refractivity contribution in [2.75, 3.05) is 29.5 Å². The average molecular weight is 558 g/mol. The summed E-state index contributed by atoms with van der Waals surface area (Å²) in [7, 11) is 1.86. The Morgan fingerprint density at radius 3 is 2.12 bits per heavy atom. The van der Waals surface area contributed by atoms with Gasteiger partial charge in [0, 0.05) is 23.5 Å². The number of carboxylic acid groups (broad SMARTS) is 1. The van der Waals surface area contributed by atoms with Crippen LogP contribution in [-0.2, 0) is 27.2 Å². The molecule has 2 atom stereocenters. The summed E-state index contributed by atoms with van der Waals surface area (Å²) < 4.78 is 0. The number of aryl methyl sites for hydroxylation is 1. The zero-order chi connectivity index (χ0) is 29.4. The zero-order valence-electron chi connectivity index (χ0n) is 23.1. The molecule has 214 valence electrons. The first-order chi connectivity index (χ1) is 19.7. The van der Waals surface area contributed by atoms with E-state index in [1.807, 2.05) is 43.1 Å². The number of nitrogens with zero attached hydrogens (tertiary/aromatic N) is 1. The third-order valence-electron chi connectivity index (χ3n) is 7.08. The molecule has 1 heterocycles. The molecule has 1 fully saturated rings. The molecule has 3 aromatic rings. The summed E-state index contributed by atoms with van der Waals surface area (Å²) in [5.41, 5.74) is 4.36. The largest absolute Gasteiger partial charge is 0.480 e. The highest BCUT2D eigenvalue weighted by atomic mass is 16.4. The van der Waals surface area contributed by atoms with Gasteiger partial charge in [-0.1, -0.05) is 42.5 Å². The Kier molecular flexibility index (Phi) is 9.70. The lowest BCUT2D eigenvalue weighted by molar-refractivity contribution is -0.142. The van der Waals surface area contributed by atoms with Crippen molar-refractivity contribution in [2.45, 2.75) is 44.7 Å². The first-order valence-corrected chi connectivity index (χ1v) is 13.5. The molecule has 0 radical (unpaired) electrons. The summed E-state index contributed by atoms with van der Waals surface area (Å²) in [5, 5.41) is 20.7. The van der Waals surface area contributed by atoms with Crippen LogP contribution in [0.15, 0.2) is 72.8 Å². The third-order valence-corrected chi connectivity index (χ3v) is 7.08. The minimum absolute atomic E-state index is 0.134. The van der Waals surface area contributed by atoms with Gasteiger partial charge in [0.15, 0.2) is 0 Å². The van der Waals surface area contributed by atoms with Crippen molar-refractivity contribution in [1.29, 1.82) is 0 Å². The number of hydrogen-bond donors (Lipinski definition) is 5. The molecule has 0 unspecified atom stereocenters. The second-order valence-corrected chi connectivity index (χ2v) is 10.3. The number of benzene rings is 3. The van der Waals surface area contributed by atoms with Gasteiger partial charge in [0.05, 0.1) is 12.5 Å².